The average Bonchev–Trinajstić information content (AvgIpc) is 3.07. The van der Waals surface area contributed by atoms with Crippen molar-refractivity contribution in [2.45, 2.75) is 4.90 Å². The Labute approximate surface area is 158 Å². The van der Waals surface area contributed by atoms with Gasteiger partial charge in [0.25, 0.3) is 15.7 Å². The van der Waals surface area contributed by atoms with E-state index in [1.54, 1.807) is 18.2 Å². The molecule has 2 heterocycles. The van der Waals surface area contributed by atoms with Crippen LogP contribution in [0, 0.1) is 10.1 Å². The molecule has 1 aliphatic heterocycles. The van der Waals surface area contributed by atoms with Crippen molar-refractivity contribution in [1.82, 2.24) is 9.78 Å². The summed E-state index contributed by atoms with van der Waals surface area (Å²) in [7, 11) is -2.78. The molecule has 0 bridgehead atoms. The van der Waals surface area contributed by atoms with E-state index < -0.39 is 26.6 Å². The number of carboxylic acids is 1. The first-order valence-corrected chi connectivity index (χ1v) is 9.37. The molecule has 0 saturated heterocycles. The monoisotopic (exact) mass is 400 g/mol. The van der Waals surface area contributed by atoms with Gasteiger partial charge >= 0.3 is 5.97 Å². The van der Waals surface area contributed by atoms with E-state index in [0.717, 1.165) is 8.99 Å². The predicted molar refractivity (Wildman–Crippen MR) is 98.2 cm³/mol. The lowest BCUT2D eigenvalue weighted by Gasteiger charge is -2.27. The van der Waals surface area contributed by atoms with Gasteiger partial charge in [-0.2, -0.15) is 5.10 Å². The van der Waals surface area contributed by atoms with E-state index in [2.05, 4.69) is 5.10 Å². The number of benzene rings is 2. The Bertz CT molecular complexity index is 1260. The van der Waals surface area contributed by atoms with E-state index in [0.29, 0.717) is 0 Å². The minimum absolute atomic E-state index is 0.0266. The number of carboxylic acid groups (broad SMARTS) is 1. The number of nitro benzene ring substituents is 1. The number of sulfonamides is 1. The van der Waals surface area contributed by atoms with Gasteiger partial charge in [0.2, 0.25) is 0 Å². The second-order valence-corrected chi connectivity index (χ2v) is 7.91. The van der Waals surface area contributed by atoms with Crippen LogP contribution in [0.25, 0.3) is 16.9 Å². The van der Waals surface area contributed by atoms with Crippen LogP contribution in [-0.2, 0) is 10.0 Å². The number of anilines is 1. The first-order valence-electron chi connectivity index (χ1n) is 7.93. The van der Waals surface area contributed by atoms with Gasteiger partial charge in [-0.05, 0) is 12.1 Å². The summed E-state index contributed by atoms with van der Waals surface area (Å²) in [5.74, 6) is -1.45. The van der Waals surface area contributed by atoms with E-state index in [4.69, 9.17) is 0 Å². The molecule has 28 heavy (non-hydrogen) atoms. The van der Waals surface area contributed by atoms with E-state index in [1.807, 2.05) is 0 Å². The van der Waals surface area contributed by atoms with Gasteiger partial charge in [-0.3, -0.25) is 14.4 Å². The number of para-hydroxylation sites is 2. The fourth-order valence-corrected chi connectivity index (χ4v) is 4.62. The summed E-state index contributed by atoms with van der Waals surface area (Å²) in [5, 5.41) is 25.1. The number of fused-ring (bicyclic) bond motifs is 3. The molecular formula is C17H12N4O6S. The van der Waals surface area contributed by atoms with Crippen LogP contribution in [0.3, 0.4) is 0 Å². The summed E-state index contributed by atoms with van der Waals surface area (Å²) < 4.78 is 27.7. The van der Waals surface area contributed by atoms with Crippen molar-refractivity contribution in [1.29, 1.82) is 0 Å². The fraction of sp³-hybridized carbons (Fsp3) is 0.0588. The molecule has 1 aliphatic rings. The van der Waals surface area contributed by atoms with Crippen LogP contribution in [0.5, 0.6) is 0 Å². The highest BCUT2D eigenvalue weighted by molar-refractivity contribution is 7.93. The maximum Gasteiger partial charge on any atom is 0.358 e. The highest BCUT2D eigenvalue weighted by atomic mass is 32.2. The molecule has 0 saturated carbocycles. The normalized spacial score (nSPS) is 14.2. The standard InChI is InChI=1S/C17H12N4O6S/c1-19-16-14(17(22)23)18-20(11-7-3-4-8-12(11)21(24)25)15(16)10-6-2-5-9-13(10)28(19,26)27/h2-9H,1H3,(H,22,23). The lowest BCUT2D eigenvalue weighted by molar-refractivity contribution is -0.384. The zero-order valence-electron chi connectivity index (χ0n) is 14.3. The number of aromatic nitrogens is 2. The van der Waals surface area contributed by atoms with E-state index in [-0.39, 0.29) is 33.2 Å². The van der Waals surface area contributed by atoms with Gasteiger partial charge < -0.3 is 5.11 Å². The Morgan fingerprint density at radius 2 is 1.79 bits per heavy atom. The summed E-state index contributed by atoms with van der Waals surface area (Å²) in [4.78, 5) is 22.6. The van der Waals surface area contributed by atoms with Crippen LogP contribution in [0.1, 0.15) is 10.5 Å². The molecule has 1 N–H and O–H groups in total. The largest absolute Gasteiger partial charge is 0.476 e. The number of nitrogens with zero attached hydrogens (tertiary/aromatic N) is 4. The molecule has 0 spiro atoms. The molecule has 4 rings (SSSR count). The topological polar surface area (TPSA) is 136 Å². The lowest BCUT2D eigenvalue weighted by atomic mass is 10.1. The van der Waals surface area contributed by atoms with Crippen molar-refractivity contribution in [3.63, 3.8) is 0 Å². The minimum Gasteiger partial charge on any atom is -0.476 e. The molecule has 10 nitrogen and oxygen atoms in total. The van der Waals surface area contributed by atoms with Crippen molar-refractivity contribution in [2.24, 2.45) is 0 Å². The van der Waals surface area contributed by atoms with Crippen LogP contribution in [0.4, 0.5) is 11.4 Å². The third kappa shape index (κ3) is 2.29. The number of nitro groups is 1. The lowest BCUT2D eigenvalue weighted by Crippen LogP contribution is -2.31. The van der Waals surface area contributed by atoms with Gasteiger partial charge in [0, 0.05) is 18.7 Å². The molecule has 11 heteroatoms. The zero-order chi connectivity index (χ0) is 20.2. The minimum atomic E-state index is -4.00. The van der Waals surface area contributed by atoms with Crippen molar-refractivity contribution in [3.8, 4) is 16.9 Å². The molecule has 142 valence electrons. The van der Waals surface area contributed by atoms with E-state index >= 15 is 0 Å². The molecule has 3 aromatic rings. The molecule has 0 aliphatic carbocycles. The number of carbonyl (C=O) groups is 1. The number of hydrogen-bond acceptors (Lipinski definition) is 6. The van der Waals surface area contributed by atoms with Crippen molar-refractivity contribution >= 4 is 27.4 Å². The summed E-state index contributed by atoms with van der Waals surface area (Å²) >= 11 is 0. The Morgan fingerprint density at radius 3 is 2.46 bits per heavy atom. The fourth-order valence-electron chi connectivity index (χ4n) is 3.22. The molecule has 2 aromatic carbocycles. The van der Waals surface area contributed by atoms with Crippen LogP contribution >= 0.6 is 0 Å². The Kier molecular flexibility index (Phi) is 3.72. The zero-order valence-corrected chi connectivity index (χ0v) is 15.1. The van der Waals surface area contributed by atoms with Crippen LogP contribution in [0.2, 0.25) is 0 Å². The summed E-state index contributed by atoms with van der Waals surface area (Å²) in [6.07, 6.45) is 0. The third-order valence-corrected chi connectivity index (χ3v) is 6.28. The molecule has 0 fully saturated rings. The van der Waals surface area contributed by atoms with Gasteiger partial charge in [0.1, 0.15) is 17.1 Å². The van der Waals surface area contributed by atoms with Gasteiger partial charge in [0.05, 0.1) is 9.82 Å². The molecule has 0 atom stereocenters. The molecule has 0 unspecified atom stereocenters. The highest BCUT2D eigenvalue weighted by Crippen LogP contribution is 2.45. The second kappa shape index (κ2) is 5.89. The van der Waals surface area contributed by atoms with E-state index in [9.17, 15) is 28.4 Å². The van der Waals surface area contributed by atoms with Crippen LogP contribution < -0.4 is 4.31 Å². The van der Waals surface area contributed by atoms with Crippen molar-refractivity contribution in [3.05, 3.63) is 64.3 Å². The Balaban J connectivity index is 2.18. The molecule has 0 amide bonds. The van der Waals surface area contributed by atoms with Crippen LogP contribution in [-0.4, -0.2) is 41.2 Å². The molecule has 0 radical (unpaired) electrons. The Morgan fingerprint density at radius 1 is 1.14 bits per heavy atom. The predicted octanol–water partition coefficient (Wildman–Crippen LogP) is 2.28. The van der Waals surface area contributed by atoms with Crippen molar-refractivity contribution < 1.29 is 23.2 Å². The first kappa shape index (κ1) is 17.7. The molecule has 1 aromatic heterocycles. The average molecular weight is 400 g/mol. The van der Waals surface area contributed by atoms with Gasteiger partial charge in [0.15, 0.2) is 5.69 Å². The summed E-state index contributed by atoms with van der Waals surface area (Å²) in [5.41, 5.74) is -0.566. The number of rotatable bonds is 3. The van der Waals surface area contributed by atoms with Gasteiger partial charge in [-0.15, -0.1) is 0 Å². The SMILES string of the molecule is CN1c2c(C(=O)O)nn(-c3ccccc3[N+](=O)[O-])c2-c2ccccc2S1(=O)=O. The first-order chi connectivity index (χ1) is 13.2. The number of hydrogen-bond donors (Lipinski definition) is 1. The maximum atomic E-state index is 12.9. The molecular weight excluding hydrogens is 388 g/mol. The second-order valence-electron chi connectivity index (χ2n) is 5.98. The van der Waals surface area contributed by atoms with Crippen LogP contribution in [0.15, 0.2) is 53.4 Å². The smallest absolute Gasteiger partial charge is 0.358 e. The summed E-state index contributed by atoms with van der Waals surface area (Å²) in [6.45, 7) is 0. The maximum absolute atomic E-state index is 12.9. The van der Waals surface area contributed by atoms with Gasteiger partial charge in [-0.25, -0.2) is 17.9 Å². The Hall–Kier alpha value is -3.73. The quantitative estimate of drug-likeness (QED) is 0.526. The summed E-state index contributed by atoms with van der Waals surface area (Å²) in [6, 6.07) is 11.7. The van der Waals surface area contributed by atoms with E-state index in [1.165, 1.54) is 37.4 Å². The van der Waals surface area contributed by atoms with Crippen molar-refractivity contribution in [2.75, 3.05) is 11.4 Å². The highest BCUT2D eigenvalue weighted by Gasteiger charge is 2.40. The van der Waals surface area contributed by atoms with Gasteiger partial charge in [-0.1, -0.05) is 30.3 Å². The third-order valence-electron chi connectivity index (χ3n) is 4.47. The number of aromatic carboxylic acids is 1.